The summed E-state index contributed by atoms with van der Waals surface area (Å²) in [6.45, 7) is 1.52. The molecule has 0 unspecified atom stereocenters. The highest BCUT2D eigenvalue weighted by Crippen LogP contribution is 2.20. The van der Waals surface area contributed by atoms with Crippen LogP contribution < -0.4 is 5.73 Å². The standard InChI is InChI=1S/C6H9NO4/c1-2-3(5(8)9)4(7)6(10)11-2/h2-4H,7H2,1H3,(H,8,9)/t2-,3-,4+/m1/s1. The summed E-state index contributed by atoms with van der Waals surface area (Å²) in [7, 11) is 0. The highest BCUT2D eigenvalue weighted by Gasteiger charge is 2.44. The molecule has 1 aliphatic heterocycles. The number of carboxylic acid groups (broad SMARTS) is 1. The number of carbonyl (C=O) groups is 2. The second-order valence-electron chi connectivity index (χ2n) is 2.53. The molecule has 0 amide bonds. The van der Waals surface area contributed by atoms with Crippen LogP contribution in [0.15, 0.2) is 0 Å². The van der Waals surface area contributed by atoms with E-state index in [1.54, 1.807) is 0 Å². The molecule has 1 heterocycles. The fraction of sp³-hybridized carbons (Fsp3) is 0.667. The third kappa shape index (κ3) is 1.19. The molecule has 0 aromatic rings. The molecule has 11 heavy (non-hydrogen) atoms. The van der Waals surface area contributed by atoms with Crippen molar-refractivity contribution in [2.75, 3.05) is 0 Å². The normalized spacial score (nSPS) is 36.9. The predicted octanol–water partition coefficient (Wildman–Crippen LogP) is -1.04. The first kappa shape index (κ1) is 8.00. The second kappa shape index (κ2) is 2.50. The molecule has 1 aliphatic rings. The smallest absolute Gasteiger partial charge is 0.324 e. The number of hydrogen-bond acceptors (Lipinski definition) is 4. The molecule has 0 spiro atoms. The van der Waals surface area contributed by atoms with Crippen LogP contribution >= 0.6 is 0 Å². The van der Waals surface area contributed by atoms with Crippen LogP contribution in [0.1, 0.15) is 6.92 Å². The number of ether oxygens (including phenoxy) is 1. The third-order valence-corrected chi connectivity index (χ3v) is 1.75. The minimum absolute atomic E-state index is 0.616. The lowest BCUT2D eigenvalue weighted by Crippen LogP contribution is -2.38. The van der Waals surface area contributed by atoms with Crippen molar-refractivity contribution in [1.29, 1.82) is 0 Å². The Morgan fingerprint density at radius 2 is 2.27 bits per heavy atom. The van der Waals surface area contributed by atoms with Crippen molar-refractivity contribution in [2.24, 2.45) is 11.7 Å². The summed E-state index contributed by atoms with van der Waals surface area (Å²) in [6.07, 6.45) is -0.616. The molecule has 62 valence electrons. The maximum atomic E-state index is 10.7. The van der Waals surface area contributed by atoms with Gasteiger partial charge in [0.2, 0.25) is 0 Å². The topological polar surface area (TPSA) is 89.6 Å². The molecule has 0 aliphatic carbocycles. The van der Waals surface area contributed by atoms with Crippen LogP contribution in [0, 0.1) is 5.92 Å². The second-order valence-corrected chi connectivity index (χ2v) is 2.53. The van der Waals surface area contributed by atoms with Gasteiger partial charge in [0.25, 0.3) is 0 Å². The van der Waals surface area contributed by atoms with E-state index in [0.717, 1.165) is 0 Å². The Balaban J connectivity index is 2.79. The van der Waals surface area contributed by atoms with Crippen LogP contribution in [0.3, 0.4) is 0 Å². The van der Waals surface area contributed by atoms with Crippen molar-refractivity contribution in [3.8, 4) is 0 Å². The summed E-state index contributed by atoms with van der Waals surface area (Å²) in [6, 6.07) is -1.01. The molecule has 1 saturated heterocycles. The van der Waals surface area contributed by atoms with Gasteiger partial charge in [-0.25, -0.2) is 0 Å². The van der Waals surface area contributed by atoms with Crippen molar-refractivity contribution in [1.82, 2.24) is 0 Å². The van der Waals surface area contributed by atoms with Crippen molar-refractivity contribution in [2.45, 2.75) is 19.1 Å². The first-order valence-electron chi connectivity index (χ1n) is 3.23. The van der Waals surface area contributed by atoms with Gasteiger partial charge in [0, 0.05) is 0 Å². The molecule has 0 aromatic heterocycles. The van der Waals surface area contributed by atoms with Crippen LogP contribution in [0.25, 0.3) is 0 Å². The van der Waals surface area contributed by atoms with Gasteiger partial charge in [0.1, 0.15) is 18.1 Å². The number of carboxylic acids is 1. The van der Waals surface area contributed by atoms with Crippen molar-refractivity contribution in [3.63, 3.8) is 0 Å². The van der Waals surface area contributed by atoms with E-state index in [-0.39, 0.29) is 0 Å². The number of cyclic esters (lactones) is 1. The number of rotatable bonds is 1. The number of nitrogens with two attached hydrogens (primary N) is 1. The molecule has 3 N–H and O–H groups in total. The lowest BCUT2D eigenvalue weighted by Gasteiger charge is -2.08. The van der Waals surface area contributed by atoms with E-state index in [1.807, 2.05) is 0 Å². The molecular formula is C6H9NO4. The van der Waals surface area contributed by atoms with Gasteiger partial charge in [0.15, 0.2) is 0 Å². The maximum Gasteiger partial charge on any atom is 0.324 e. The van der Waals surface area contributed by atoms with Gasteiger partial charge in [-0.1, -0.05) is 0 Å². The summed E-state index contributed by atoms with van der Waals surface area (Å²) in [5.41, 5.74) is 5.26. The molecule has 0 bridgehead atoms. The number of aliphatic carboxylic acids is 1. The van der Waals surface area contributed by atoms with E-state index >= 15 is 0 Å². The zero-order valence-electron chi connectivity index (χ0n) is 5.98. The fourth-order valence-electron chi connectivity index (χ4n) is 1.13. The van der Waals surface area contributed by atoms with Crippen LogP contribution in [-0.2, 0) is 14.3 Å². The van der Waals surface area contributed by atoms with Crippen molar-refractivity contribution < 1.29 is 19.4 Å². The Hall–Kier alpha value is -1.10. The lowest BCUT2D eigenvalue weighted by molar-refractivity contribution is -0.143. The van der Waals surface area contributed by atoms with Crippen LogP contribution in [-0.4, -0.2) is 29.2 Å². The highest BCUT2D eigenvalue weighted by molar-refractivity contribution is 5.87. The van der Waals surface area contributed by atoms with Gasteiger partial charge >= 0.3 is 11.9 Å². The van der Waals surface area contributed by atoms with E-state index in [9.17, 15) is 9.59 Å². The Kier molecular flexibility index (Phi) is 1.82. The summed E-state index contributed by atoms with van der Waals surface area (Å²) in [5.74, 6) is -2.62. The van der Waals surface area contributed by atoms with Gasteiger partial charge < -0.3 is 15.6 Å². The Bertz CT molecular complexity index is 203. The van der Waals surface area contributed by atoms with Crippen molar-refractivity contribution >= 4 is 11.9 Å². The largest absolute Gasteiger partial charge is 0.481 e. The van der Waals surface area contributed by atoms with Gasteiger partial charge in [-0.3, -0.25) is 9.59 Å². The Labute approximate surface area is 63.1 Å². The van der Waals surface area contributed by atoms with Crippen LogP contribution in [0.4, 0.5) is 0 Å². The van der Waals surface area contributed by atoms with E-state index in [2.05, 4.69) is 4.74 Å². The zero-order chi connectivity index (χ0) is 8.59. The van der Waals surface area contributed by atoms with E-state index in [1.165, 1.54) is 6.92 Å². The highest BCUT2D eigenvalue weighted by atomic mass is 16.6. The average Bonchev–Trinajstić information content (AvgIpc) is 2.07. The minimum atomic E-state index is -1.09. The zero-order valence-corrected chi connectivity index (χ0v) is 5.98. The predicted molar refractivity (Wildman–Crippen MR) is 34.7 cm³/mol. The summed E-state index contributed by atoms with van der Waals surface area (Å²) in [4.78, 5) is 21.1. The first-order valence-corrected chi connectivity index (χ1v) is 3.23. The average molecular weight is 159 g/mol. The molecular weight excluding hydrogens is 150 g/mol. The maximum absolute atomic E-state index is 10.7. The number of carbonyl (C=O) groups excluding carboxylic acids is 1. The summed E-state index contributed by atoms with van der Waals surface area (Å²) >= 11 is 0. The molecule has 0 saturated carbocycles. The van der Waals surface area contributed by atoms with Gasteiger partial charge in [-0.2, -0.15) is 0 Å². The van der Waals surface area contributed by atoms with E-state index < -0.39 is 30.0 Å². The fourth-order valence-corrected chi connectivity index (χ4v) is 1.13. The van der Waals surface area contributed by atoms with Gasteiger partial charge in [0.05, 0.1) is 0 Å². The Morgan fingerprint density at radius 1 is 1.73 bits per heavy atom. The lowest BCUT2D eigenvalue weighted by atomic mass is 9.99. The SMILES string of the molecule is C[C@H]1OC(=O)[C@@H](N)[C@@H]1C(=O)O. The quantitative estimate of drug-likeness (QED) is 0.477. The molecule has 1 fully saturated rings. The minimum Gasteiger partial charge on any atom is -0.481 e. The van der Waals surface area contributed by atoms with Crippen molar-refractivity contribution in [3.05, 3.63) is 0 Å². The monoisotopic (exact) mass is 159 g/mol. The van der Waals surface area contributed by atoms with Crippen LogP contribution in [0.5, 0.6) is 0 Å². The van der Waals surface area contributed by atoms with Gasteiger partial charge in [-0.05, 0) is 6.92 Å². The van der Waals surface area contributed by atoms with Crippen LogP contribution in [0.2, 0.25) is 0 Å². The third-order valence-electron chi connectivity index (χ3n) is 1.75. The van der Waals surface area contributed by atoms with Gasteiger partial charge in [-0.15, -0.1) is 0 Å². The molecule has 0 aromatic carbocycles. The Morgan fingerprint density at radius 3 is 2.45 bits per heavy atom. The number of esters is 1. The first-order chi connectivity index (χ1) is 5.04. The molecule has 5 nitrogen and oxygen atoms in total. The molecule has 1 rings (SSSR count). The molecule has 3 atom stereocenters. The molecule has 0 radical (unpaired) electrons. The summed E-state index contributed by atoms with van der Waals surface area (Å²) in [5, 5.41) is 8.56. The summed E-state index contributed by atoms with van der Waals surface area (Å²) < 4.78 is 4.60. The van der Waals surface area contributed by atoms with E-state index in [0.29, 0.717) is 0 Å². The number of hydrogen-bond donors (Lipinski definition) is 2. The van der Waals surface area contributed by atoms with E-state index in [4.69, 9.17) is 10.8 Å². The molecule has 5 heteroatoms.